The minimum absolute atomic E-state index is 0.0511. The number of benzene rings is 1. The third kappa shape index (κ3) is 4.49. The number of alkyl halides is 3. The molecule has 4 nitrogen and oxygen atoms in total. The Morgan fingerprint density at radius 2 is 1.87 bits per heavy atom. The highest BCUT2D eigenvalue weighted by Gasteiger charge is 2.31. The average molecular weight is 365 g/mol. The van der Waals surface area contributed by atoms with Crippen molar-refractivity contribution in [3.05, 3.63) is 62.5 Å². The Kier molecular flexibility index (Phi) is 5.01. The zero-order valence-corrected chi connectivity index (χ0v) is 12.8. The lowest BCUT2D eigenvalue weighted by Gasteiger charge is -2.12. The molecule has 0 saturated carbocycles. The number of hydrogen-bond acceptors (Lipinski definition) is 2. The number of halogens is 5. The van der Waals surface area contributed by atoms with E-state index in [2.05, 4.69) is 5.32 Å². The summed E-state index contributed by atoms with van der Waals surface area (Å²) in [7, 11) is 0. The van der Waals surface area contributed by atoms with Gasteiger partial charge in [0.15, 0.2) is 0 Å². The largest absolute Gasteiger partial charge is 0.416 e. The molecule has 0 aliphatic carbocycles. The molecule has 0 saturated heterocycles. The maximum atomic E-state index is 12.7. The van der Waals surface area contributed by atoms with Gasteiger partial charge < -0.3 is 9.88 Å². The van der Waals surface area contributed by atoms with E-state index in [1.807, 2.05) is 0 Å². The Morgan fingerprint density at radius 3 is 2.52 bits per heavy atom. The fourth-order valence-electron chi connectivity index (χ4n) is 1.77. The molecule has 1 heterocycles. The van der Waals surface area contributed by atoms with E-state index in [9.17, 15) is 22.8 Å². The number of nitrogens with one attached hydrogen (secondary N) is 1. The summed E-state index contributed by atoms with van der Waals surface area (Å²) in [5.74, 6) is -0.712. The lowest BCUT2D eigenvalue weighted by molar-refractivity contribution is -0.137. The van der Waals surface area contributed by atoms with Crippen molar-refractivity contribution in [1.82, 2.24) is 4.57 Å². The first-order valence-electron chi connectivity index (χ1n) is 6.19. The third-order valence-corrected chi connectivity index (χ3v) is 3.38. The summed E-state index contributed by atoms with van der Waals surface area (Å²) >= 11 is 11.5. The maximum absolute atomic E-state index is 12.7. The number of amides is 1. The van der Waals surface area contributed by atoms with Crippen LogP contribution in [0, 0.1) is 0 Å². The fourth-order valence-corrected chi connectivity index (χ4v) is 2.11. The first-order chi connectivity index (χ1) is 10.7. The second kappa shape index (κ2) is 6.64. The van der Waals surface area contributed by atoms with Crippen LogP contribution in [0.5, 0.6) is 0 Å². The van der Waals surface area contributed by atoms with Crippen LogP contribution < -0.4 is 10.9 Å². The molecule has 0 fully saturated rings. The average Bonchev–Trinajstić information content (AvgIpc) is 2.44. The standard InChI is InChI=1S/C14H9Cl2F3N2O2/c15-9-2-4-13(23)21(6-9)7-12(22)20-11-5-8(14(17,18)19)1-3-10(11)16/h1-6H,7H2,(H,20,22). The molecular formula is C14H9Cl2F3N2O2. The minimum atomic E-state index is -4.56. The third-order valence-electron chi connectivity index (χ3n) is 2.83. The molecule has 23 heavy (non-hydrogen) atoms. The van der Waals surface area contributed by atoms with Crippen molar-refractivity contribution in [2.75, 3.05) is 5.32 Å². The Balaban J connectivity index is 2.20. The highest BCUT2D eigenvalue weighted by molar-refractivity contribution is 6.33. The van der Waals surface area contributed by atoms with E-state index in [0.29, 0.717) is 0 Å². The van der Waals surface area contributed by atoms with E-state index in [1.54, 1.807) is 0 Å². The summed E-state index contributed by atoms with van der Waals surface area (Å²) in [6, 6.07) is 5.10. The summed E-state index contributed by atoms with van der Waals surface area (Å²) in [6.45, 7) is -0.411. The molecule has 0 spiro atoms. The Labute approximate surface area is 138 Å². The van der Waals surface area contributed by atoms with Crippen molar-refractivity contribution in [3.63, 3.8) is 0 Å². The summed E-state index contributed by atoms with van der Waals surface area (Å²) in [5, 5.41) is 2.44. The van der Waals surface area contributed by atoms with E-state index < -0.39 is 29.8 Å². The van der Waals surface area contributed by atoms with Gasteiger partial charge >= 0.3 is 6.18 Å². The van der Waals surface area contributed by atoms with E-state index in [-0.39, 0.29) is 15.7 Å². The molecule has 0 aliphatic heterocycles. The van der Waals surface area contributed by atoms with Gasteiger partial charge in [0.25, 0.3) is 5.56 Å². The molecule has 1 amide bonds. The molecule has 0 aliphatic rings. The second-order valence-electron chi connectivity index (χ2n) is 4.55. The zero-order chi connectivity index (χ0) is 17.2. The van der Waals surface area contributed by atoms with Gasteiger partial charge in [-0.2, -0.15) is 13.2 Å². The predicted molar refractivity (Wildman–Crippen MR) is 80.8 cm³/mol. The van der Waals surface area contributed by atoms with Crippen LogP contribution >= 0.6 is 23.2 Å². The number of pyridine rings is 1. The number of carbonyl (C=O) groups excluding carboxylic acids is 1. The van der Waals surface area contributed by atoms with E-state index >= 15 is 0 Å². The van der Waals surface area contributed by atoms with Gasteiger partial charge in [-0.25, -0.2) is 0 Å². The van der Waals surface area contributed by atoms with Gasteiger partial charge in [0.05, 0.1) is 21.3 Å². The Morgan fingerprint density at radius 1 is 1.17 bits per heavy atom. The van der Waals surface area contributed by atoms with Crippen LogP contribution in [0.1, 0.15) is 5.56 Å². The molecular weight excluding hydrogens is 356 g/mol. The number of carbonyl (C=O) groups is 1. The number of rotatable bonds is 3. The van der Waals surface area contributed by atoms with Crippen molar-refractivity contribution >= 4 is 34.8 Å². The number of nitrogens with zero attached hydrogens (tertiary/aromatic N) is 1. The van der Waals surface area contributed by atoms with Gasteiger partial charge in [0, 0.05) is 12.3 Å². The van der Waals surface area contributed by atoms with Gasteiger partial charge in [0.1, 0.15) is 6.54 Å². The molecule has 0 radical (unpaired) electrons. The van der Waals surface area contributed by atoms with Gasteiger partial charge in [-0.15, -0.1) is 0 Å². The molecule has 2 rings (SSSR count). The predicted octanol–water partition coefficient (Wildman–Crippen LogP) is 3.81. The summed E-state index contributed by atoms with van der Waals surface area (Å²) < 4.78 is 39.0. The van der Waals surface area contributed by atoms with Crippen molar-refractivity contribution in [2.45, 2.75) is 12.7 Å². The summed E-state index contributed by atoms with van der Waals surface area (Å²) in [4.78, 5) is 23.5. The Bertz CT molecular complexity index is 803. The number of aromatic nitrogens is 1. The van der Waals surface area contributed by atoms with Gasteiger partial charge in [-0.3, -0.25) is 9.59 Å². The monoisotopic (exact) mass is 364 g/mol. The quantitative estimate of drug-likeness (QED) is 0.899. The summed E-state index contributed by atoms with van der Waals surface area (Å²) in [5.41, 5.74) is -1.61. The highest BCUT2D eigenvalue weighted by atomic mass is 35.5. The number of anilines is 1. The molecule has 0 atom stereocenters. The van der Waals surface area contributed by atoms with Crippen LogP contribution in [0.3, 0.4) is 0 Å². The smallest absolute Gasteiger partial charge is 0.323 e. The Hall–Kier alpha value is -1.99. The minimum Gasteiger partial charge on any atom is -0.323 e. The first-order valence-corrected chi connectivity index (χ1v) is 6.95. The zero-order valence-electron chi connectivity index (χ0n) is 11.3. The molecule has 2 aromatic rings. The van der Waals surface area contributed by atoms with Crippen LogP contribution in [-0.2, 0) is 17.5 Å². The number of hydrogen-bond donors (Lipinski definition) is 1. The van der Waals surface area contributed by atoms with Crippen molar-refractivity contribution < 1.29 is 18.0 Å². The molecule has 1 aromatic carbocycles. The molecule has 1 N–H and O–H groups in total. The van der Waals surface area contributed by atoms with Crippen molar-refractivity contribution in [1.29, 1.82) is 0 Å². The van der Waals surface area contributed by atoms with Crippen LogP contribution in [-0.4, -0.2) is 10.5 Å². The topological polar surface area (TPSA) is 51.1 Å². The SMILES string of the molecule is O=C(Cn1cc(Cl)ccc1=O)Nc1cc(C(F)(F)F)ccc1Cl. The lowest BCUT2D eigenvalue weighted by Crippen LogP contribution is -2.26. The van der Waals surface area contributed by atoms with Gasteiger partial charge in [-0.05, 0) is 24.3 Å². The van der Waals surface area contributed by atoms with Crippen molar-refractivity contribution in [2.24, 2.45) is 0 Å². The van der Waals surface area contributed by atoms with Crippen LogP contribution in [0.25, 0.3) is 0 Å². The van der Waals surface area contributed by atoms with Gasteiger partial charge in [0.2, 0.25) is 5.91 Å². The van der Waals surface area contributed by atoms with Gasteiger partial charge in [-0.1, -0.05) is 23.2 Å². The highest BCUT2D eigenvalue weighted by Crippen LogP contribution is 2.33. The van der Waals surface area contributed by atoms with E-state index in [0.717, 1.165) is 22.8 Å². The molecule has 9 heteroatoms. The molecule has 0 bridgehead atoms. The second-order valence-corrected chi connectivity index (χ2v) is 5.40. The molecule has 122 valence electrons. The van der Waals surface area contributed by atoms with E-state index in [4.69, 9.17) is 23.2 Å². The summed E-state index contributed by atoms with van der Waals surface area (Å²) in [6.07, 6.45) is -3.31. The first kappa shape index (κ1) is 17.4. The van der Waals surface area contributed by atoms with E-state index in [1.165, 1.54) is 18.3 Å². The molecule has 0 unspecified atom stereocenters. The lowest BCUT2D eigenvalue weighted by atomic mass is 10.2. The normalized spacial score (nSPS) is 11.3. The van der Waals surface area contributed by atoms with Crippen LogP contribution in [0.4, 0.5) is 18.9 Å². The molecule has 1 aromatic heterocycles. The fraction of sp³-hybridized carbons (Fsp3) is 0.143. The van der Waals surface area contributed by atoms with Crippen LogP contribution in [0.2, 0.25) is 10.0 Å². The van der Waals surface area contributed by atoms with Crippen LogP contribution in [0.15, 0.2) is 41.3 Å². The van der Waals surface area contributed by atoms with Crippen molar-refractivity contribution in [3.8, 4) is 0 Å². The maximum Gasteiger partial charge on any atom is 0.416 e.